The van der Waals surface area contributed by atoms with Crippen molar-refractivity contribution < 1.29 is 0 Å². The Kier molecular flexibility index (Phi) is 6.72. The summed E-state index contributed by atoms with van der Waals surface area (Å²) < 4.78 is 0. The van der Waals surface area contributed by atoms with Gasteiger partial charge in [0.2, 0.25) is 0 Å². The molecule has 0 aliphatic heterocycles. The predicted molar refractivity (Wildman–Crippen MR) is 164 cm³/mol. The number of nitrogens with zero attached hydrogens (tertiary/aromatic N) is 7. The van der Waals surface area contributed by atoms with Gasteiger partial charge in [0.15, 0.2) is 29.1 Å². The van der Waals surface area contributed by atoms with Gasteiger partial charge in [-0.05, 0) is 35.4 Å². The van der Waals surface area contributed by atoms with Crippen LogP contribution in [0.1, 0.15) is 0 Å². The van der Waals surface area contributed by atoms with Crippen LogP contribution in [0.15, 0.2) is 140 Å². The van der Waals surface area contributed by atoms with E-state index in [0.717, 1.165) is 38.9 Å². The molecule has 3 aromatic heterocycles. The van der Waals surface area contributed by atoms with E-state index >= 15 is 0 Å². The molecule has 0 aliphatic rings. The first-order valence-corrected chi connectivity index (χ1v) is 13.5. The van der Waals surface area contributed by atoms with Crippen LogP contribution in [-0.2, 0) is 0 Å². The molecule has 0 saturated heterocycles. The minimum absolute atomic E-state index is 0.557. The monoisotopic (exact) mass is 541 g/mol. The van der Waals surface area contributed by atoms with Crippen molar-refractivity contribution in [3.05, 3.63) is 140 Å². The van der Waals surface area contributed by atoms with Crippen molar-refractivity contribution in [3.63, 3.8) is 0 Å². The smallest absolute Gasteiger partial charge is 0.164 e. The molecule has 0 radical (unpaired) electrons. The zero-order chi connectivity index (χ0) is 28.1. The van der Waals surface area contributed by atoms with Gasteiger partial charge in [0.1, 0.15) is 0 Å². The topological polar surface area (TPSA) is 90.2 Å². The van der Waals surface area contributed by atoms with Crippen LogP contribution in [0.4, 0.5) is 0 Å². The van der Waals surface area contributed by atoms with Gasteiger partial charge in [0.25, 0.3) is 0 Å². The lowest BCUT2D eigenvalue weighted by Gasteiger charge is -2.10. The summed E-state index contributed by atoms with van der Waals surface area (Å²) in [6.45, 7) is 0. The van der Waals surface area contributed by atoms with Crippen molar-refractivity contribution in [1.82, 2.24) is 34.9 Å². The molecule has 0 fully saturated rings. The molecule has 7 rings (SSSR count). The second kappa shape index (κ2) is 11.3. The Balaban J connectivity index is 1.35. The molecule has 0 bridgehead atoms. The van der Waals surface area contributed by atoms with E-state index in [1.165, 1.54) is 0 Å². The highest BCUT2D eigenvalue weighted by Gasteiger charge is 2.14. The zero-order valence-electron chi connectivity index (χ0n) is 22.4. The SMILES string of the molecule is c1ccc(-c2ccc(-c3nc(-c4cccc(-c5ncccn5)c4)nc(-c4cccc(-c5ncccn5)c4)n3)cc2)cc1. The molecule has 7 aromatic rings. The average Bonchev–Trinajstić information content (AvgIpc) is 3.09. The average molecular weight is 542 g/mol. The van der Waals surface area contributed by atoms with Gasteiger partial charge in [-0.15, -0.1) is 0 Å². The maximum Gasteiger partial charge on any atom is 0.164 e. The lowest BCUT2D eigenvalue weighted by molar-refractivity contribution is 1.07. The molecule has 7 heteroatoms. The first kappa shape index (κ1) is 25.0. The third-order valence-electron chi connectivity index (χ3n) is 6.78. The standard InChI is InChI=1S/C35H23N7/c1-2-8-24(9-3-1)25-14-16-26(17-15-25)33-40-34(29-12-4-10-27(22-29)31-36-18-6-19-37-31)42-35(41-33)30-13-5-11-28(23-30)32-38-20-7-21-39-32/h1-23H. The molecular formula is C35H23N7. The van der Waals surface area contributed by atoms with Crippen molar-refractivity contribution in [2.45, 2.75) is 0 Å². The lowest BCUT2D eigenvalue weighted by Crippen LogP contribution is -2.01. The van der Waals surface area contributed by atoms with Crippen molar-refractivity contribution >= 4 is 0 Å². The van der Waals surface area contributed by atoms with Crippen molar-refractivity contribution in [3.8, 4) is 68.1 Å². The fraction of sp³-hybridized carbons (Fsp3) is 0. The summed E-state index contributed by atoms with van der Waals surface area (Å²) in [5.41, 5.74) is 6.62. The summed E-state index contributed by atoms with van der Waals surface area (Å²) in [7, 11) is 0. The Hall–Kier alpha value is -5.95. The van der Waals surface area contributed by atoms with E-state index in [1.807, 2.05) is 78.9 Å². The summed E-state index contributed by atoms with van der Waals surface area (Å²) in [6, 6.07) is 38.1. The normalized spacial score (nSPS) is 10.9. The number of rotatable bonds is 6. The van der Waals surface area contributed by atoms with Crippen LogP contribution in [0, 0.1) is 0 Å². The van der Waals surface area contributed by atoms with Crippen LogP contribution in [-0.4, -0.2) is 34.9 Å². The van der Waals surface area contributed by atoms with E-state index < -0.39 is 0 Å². The van der Waals surface area contributed by atoms with Gasteiger partial charge < -0.3 is 0 Å². The van der Waals surface area contributed by atoms with Gasteiger partial charge in [-0.2, -0.15) is 0 Å². The van der Waals surface area contributed by atoms with Crippen LogP contribution in [0.2, 0.25) is 0 Å². The van der Waals surface area contributed by atoms with Crippen molar-refractivity contribution in [2.75, 3.05) is 0 Å². The van der Waals surface area contributed by atoms with Crippen LogP contribution >= 0.6 is 0 Å². The highest BCUT2D eigenvalue weighted by molar-refractivity contribution is 5.73. The van der Waals surface area contributed by atoms with Gasteiger partial charge >= 0.3 is 0 Å². The lowest BCUT2D eigenvalue weighted by atomic mass is 10.0. The van der Waals surface area contributed by atoms with E-state index in [9.17, 15) is 0 Å². The van der Waals surface area contributed by atoms with E-state index in [1.54, 1.807) is 36.9 Å². The first-order chi connectivity index (χ1) is 20.8. The number of hydrogen-bond acceptors (Lipinski definition) is 7. The van der Waals surface area contributed by atoms with Crippen molar-refractivity contribution in [2.24, 2.45) is 0 Å². The van der Waals surface area contributed by atoms with Gasteiger partial charge in [-0.25, -0.2) is 34.9 Å². The Morgan fingerprint density at radius 3 is 1.10 bits per heavy atom. The van der Waals surface area contributed by atoms with E-state index in [2.05, 4.69) is 44.2 Å². The van der Waals surface area contributed by atoms with Crippen molar-refractivity contribution in [1.29, 1.82) is 0 Å². The molecule has 3 heterocycles. The van der Waals surface area contributed by atoms with Gasteiger partial charge in [0.05, 0.1) is 0 Å². The highest BCUT2D eigenvalue weighted by atomic mass is 15.0. The van der Waals surface area contributed by atoms with Crippen LogP contribution in [0.25, 0.3) is 68.1 Å². The number of benzene rings is 4. The molecule has 0 aliphatic carbocycles. The summed E-state index contributed by atoms with van der Waals surface area (Å²) in [5, 5.41) is 0. The fourth-order valence-corrected chi connectivity index (χ4v) is 4.70. The zero-order valence-corrected chi connectivity index (χ0v) is 22.4. The van der Waals surface area contributed by atoms with Gasteiger partial charge in [-0.1, -0.05) is 91.0 Å². The third-order valence-corrected chi connectivity index (χ3v) is 6.78. The molecule has 4 aromatic carbocycles. The Morgan fingerprint density at radius 2 is 0.619 bits per heavy atom. The van der Waals surface area contributed by atoms with Gasteiger partial charge in [-0.3, -0.25) is 0 Å². The molecule has 0 spiro atoms. The Bertz CT molecular complexity index is 1860. The second-order valence-electron chi connectivity index (χ2n) is 9.56. The van der Waals surface area contributed by atoms with E-state index in [0.29, 0.717) is 29.1 Å². The molecule has 0 atom stereocenters. The highest BCUT2D eigenvalue weighted by Crippen LogP contribution is 2.29. The number of aromatic nitrogens is 7. The van der Waals surface area contributed by atoms with E-state index in [-0.39, 0.29) is 0 Å². The van der Waals surface area contributed by atoms with Crippen LogP contribution in [0.3, 0.4) is 0 Å². The minimum atomic E-state index is 0.557. The fourth-order valence-electron chi connectivity index (χ4n) is 4.70. The molecule has 198 valence electrons. The first-order valence-electron chi connectivity index (χ1n) is 13.5. The maximum absolute atomic E-state index is 4.93. The molecule has 0 saturated carbocycles. The molecule has 0 amide bonds. The van der Waals surface area contributed by atoms with E-state index in [4.69, 9.17) is 15.0 Å². The third kappa shape index (κ3) is 5.26. The van der Waals surface area contributed by atoms with Crippen LogP contribution < -0.4 is 0 Å². The molecule has 0 N–H and O–H groups in total. The Labute approximate surface area is 242 Å². The maximum atomic E-state index is 4.93. The predicted octanol–water partition coefficient (Wildman–Crippen LogP) is 7.45. The summed E-state index contributed by atoms with van der Waals surface area (Å²) >= 11 is 0. The quantitative estimate of drug-likeness (QED) is 0.216. The molecule has 42 heavy (non-hydrogen) atoms. The number of hydrogen-bond donors (Lipinski definition) is 0. The summed E-state index contributed by atoms with van der Waals surface area (Å²) in [5.74, 6) is 2.97. The largest absolute Gasteiger partial charge is 0.237 e. The summed E-state index contributed by atoms with van der Waals surface area (Å²) in [6.07, 6.45) is 6.93. The minimum Gasteiger partial charge on any atom is -0.237 e. The molecule has 7 nitrogen and oxygen atoms in total. The van der Waals surface area contributed by atoms with Crippen LogP contribution in [0.5, 0.6) is 0 Å². The molecule has 0 unspecified atom stereocenters. The molecular weight excluding hydrogens is 518 g/mol. The Morgan fingerprint density at radius 1 is 0.262 bits per heavy atom. The summed E-state index contributed by atoms with van der Waals surface area (Å²) in [4.78, 5) is 32.4. The van der Waals surface area contributed by atoms with Gasteiger partial charge in [0, 0.05) is 52.6 Å². The second-order valence-corrected chi connectivity index (χ2v) is 9.56.